The van der Waals surface area contributed by atoms with E-state index in [-0.39, 0.29) is 5.91 Å². The summed E-state index contributed by atoms with van der Waals surface area (Å²) in [6.07, 6.45) is 7.36. The summed E-state index contributed by atoms with van der Waals surface area (Å²) in [6.45, 7) is 5.00. The Morgan fingerprint density at radius 1 is 1.09 bits per heavy atom. The van der Waals surface area contributed by atoms with Crippen molar-refractivity contribution in [1.29, 1.82) is 0 Å². The Morgan fingerprint density at radius 2 is 1.89 bits per heavy atom. The molecule has 0 saturated carbocycles. The van der Waals surface area contributed by atoms with Crippen molar-refractivity contribution in [2.45, 2.75) is 44.2 Å². The number of aromatic nitrogens is 2. The summed E-state index contributed by atoms with van der Waals surface area (Å²) in [4.78, 5) is 18.1. The molecular formula is C28H34N4O3. The minimum atomic E-state index is 0.159. The number of piperidine rings is 1. The summed E-state index contributed by atoms with van der Waals surface area (Å²) < 4.78 is 11.4. The third-order valence-corrected chi connectivity index (χ3v) is 8.01. The molecule has 3 saturated heterocycles. The molecule has 3 aliphatic rings. The standard InChI is InChI=1S/C28H34N4O3/c33-28(22-4-1-5-25(18-22)35-14-11-31-9-12-34-13-10-31)32-23-7-8-24(32)17-20(16-23)15-21-3-2-6-27-26(21)19-29-30-27/h1-6,18-20,23-24H,7-17H2,(H,29,30). The van der Waals surface area contributed by atoms with Crippen molar-refractivity contribution < 1.29 is 14.3 Å². The number of ether oxygens (including phenoxy) is 2. The number of hydrogen-bond acceptors (Lipinski definition) is 5. The van der Waals surface area contributed by atoms with Crippen LogP contribution >= 0.6 is 0 Å². The number of carbonyl (C=O) groups is 1. The average molecular weight is 475 g/mol. The van der Waals surface area contributed by atoms with Crippen LogP contribution in [-0.4, -0.2) is 77.4 Å². The van der Waals surface area contributed by atoms with E-state index in [1.807, 2.05) is 30.5 Å². The summed E-state index contributed by atoms with van der Waals surface area (Å²) in [5.74, 6) is 1.54. The van der Waals surface area contributed by atoms with E-state index >= 15 is 0 Å². The molecule has 1 amide bonds. The van der Waals surface area contributed by atoms with Gasteiger partial charge in [0.05, 0.1) is 24.9 Å². The Bertz CT molecular complexity index is 1160. The third-order valence-electron chi connectivity index (χ3n) is 8.01. The first-order valence-electron chi connectivity index (χ1n) is 13.0. The van der Waals surface area contributed by atoms with E-state index < -0.39 is 0 Å². The summed E-state index contributed by atoms with van der Waals surface area (Å²) in [6, 6.07) is 14.8. The van der Waals surface area contributed by atoms with Crippen molar-refractivity contribution in [3.63, 3.8) is 0 Å². The molecule has 184 valence electrons. The Kier molecular flexibility index (Phi) is 6.44. The molecule has 2 bridgehead atoms. The molecule has 4 heterocycles. The fraction of sp³-hybridized carbons (Fsp3) is 0.500. The highest BCUT2D eigenvalue weighted by atomic mass is 16.5. The molecule has 2 aromatic carbocycles. The van der Waals surface area contributed by atoms with Crippen LogP contribution in [0.2, 0.25) is 0 Å². The lowest BCUT2D eigenvalue weighted by Crippen LogP contribution is -2.46. The van der Waals surface area contributed by atoms with E-state index in [1.54, 1.807) is 0 Å². The molecule has 1 aromatic heterocycles. The zero-order valence-electron chi connectivity index (χ0n) is 20.2. The number of hydrogen-bond donors (Lipinski definition) is 1. The van der Waals surface area contributed by atoms with Crippen molar-refractivity contribution in [2.24, 2.45) is 5.92 Å². The summed E-state index contributed by atoms with van der Waals surface area (Å²) >= 11 is 0. The zero-order valence-corrected chi connectivity index (χ0v) is 20.2. The minimum absolute atomic E-state index is 0.159. The summed E-state index contributed by atoms with van der Waals surface area (Å²) in [5.41, 5.74) is 3.21. The molecule has 7 heteroatoms. The van der Waals surface area contributed by atoms with E-state index in [2.05, 4.69) is 38.2 Å². The molecule has 0 aliphatic carbocycles. The van der Waals surface area contributed by atoms with Crippen LogP contribution in [0.1, 0.15) is 41.6 Å². The van der Waals surface area contributed by atoms with Crippen LogP contribution in [0.3, 0.4) is 0 Å². The zero-order chi connectivity index (χ0) is 23.6. The van der Waals surface area contributed by atoms with Gasteiger partial charge in [-0.25, -0.2) is 0 Å². The monoisotopic (exact) mass is 474 g/mol. The Balaban J connectivity index is 1.08. The maximum absolute atomic E-state index is 13.6. The average Bonchev–Trinajstić information content (AvgIpc) is 3.47. The highest BCUT2D eigenvalue weighted by Gasteiger charge is 2.43. The van der Waals surface area contributed by atoms with Gasteiger partial charge < -0.3 is 14.4 Å². The van der Waals surface area contributed by atoms with Gasteiger partial charge in [0.1, 0.15) is 12.4 Å². The largest absolute Gasteiger partial charge is 0.492 e. The number of rotatable bonds is 7. The Labute approximate surface area is 206 Å². The number of H-pyrrole nitrogens is 1. The number of benzene rings is 2. The molecule has 7 nitrogen and oxygen atoms in total. The summed E-state index contributed by atoms with van der Waals surface area (Å²) in [7, 11) is 0. The molecule has 2 unspecified atom stereocenters. The van der Waals surface area contributed by atoms with Crippen LogP contribution in [0.4, 0.5) is 0 Å². The van der Waals surface area contributed by atoms with Crippen LogP contribution < -0.4 is 4.74 Å². The normalized spacial score (nSPS) is 24.7. The van der Waals surface area contributed by atoms with Crippen LogP contribution in [0.5, 0.6) is 5.75 Å². The molecular weight excluding hydrogens is 440 g/mol. The smallest absolute Gasteiger partial charge is 0.254 e. The first-order chi connectivity index (χ1) is 17.2. The van der Waals surface area contributed by atoms with Gasteiger partial charge in [-0.05, 0) is 67.9 Å². The van der Waals surface area contributed by atoms with E-state index in [4.69, 9.17) is 9.47 Å². The summed E-state index contributed by atoms with van der Waals surface area (Å²) in [5, 5.41) is 8.53. The predicted octanol–water partition coefficient (Wildman–Crippen LogP) is 3.90. The van der Waals surface area contributed by atoms with Gasteiger partial charge in [-0.3, -0.25) is 14.8 Å². The highest BCUT2D eigenvalue weighted by Crippen LogP contribution is 2.41. The van der Waals surface area contributed by atoms with Gasteiger partial charge in [0.25, 0.3) is 5.91 Å². The van der Waals surface area contributed by atoms with E-state index in [0.29, 0.717) is 24.6 Å². The number of fused-ring (bicyclic) bond motifs is 3. The molecule has 35 heavy (non-hydrogen) atoms. The lowest BCUT2D eigenvalue weighted by molar-refractivity contribution is 0.0322. The maximum Gasteiger partial charge on any atom is 0.254 e. The van der Waals surface area contributed by atoms with Crippen molar-refractivity contribution in [1.82, 2.24) is 20.0 Å². The molecule has 0 spiro atoms. The lowest BCUT2D eigenvalue weighted by Gasteiger charge is -2.39. The van der Waals surface area contributed by atoms with Gasteiger partial charge >= 0.3 is 0 Å². The Hall–Kier alpha value is -2.90. The molecule has 3 aliphatic heterocycles. The second kappa shape index (κ2) is 9.99. The van der Waals surface area contributed by atoms with E-state index in [0.717, 1.165) is 81.8 Å². The molecule has 0 radical (unpaired) electrons. The molecule has 6 rings (SSSR count). The number of carbonyl (C=O) groups excluding carboxylic acids is 1. The van der Waals surface area contributed by atoms with Crippen molar-refractivity contribution in [3.8, 4) is 5.75 Å². The predicted molar refractivity (Wildman–Crippen MR) is 135 cm³/mol. The first kappa shape index (κ1) is 22.6. The second-order valence-corrected chi connectivity index (χ2v) is 10.2. The third kappa shape index (κ3) is 4.80. The number of nitrogens with zero attached hydrogens (tertiary/aromatic N) is 3. The quantitative estimate of drug-likeness (QED) is 0.562. The fourth-order valence-corrected chi connectivity index (χ4v) is 6.29. The second-order valence-electron chi connectivity index (χ2n) is 10.2. The lowest BCUT2D eigenvalue weighted by atomic mass is 9.85. The topological polar surface area (TPSA) is 70.7 Å². The van der Waals surface area contributed by atoms with Gasteiger partial charge in [-0.15, -0.1) is 0 Å². The SMILES string of the molecule is O=C(c1cccc(OCCN2CCOCC2)c1)N1C2CCC1CC(Cc1cccc3[nH]ncc13)C2. The number of morpholine rings is 1. The van der Waals surface area contributed by atoms with Gasteiger partial charge in [-0.2, -0.15) is 5.10 Å². The molecule has 3 fully saturated rings. The van der Waals surface area contributed by atoms with Crippen LogP contribution in [-0.2, 0) is 11.2 Å². The van der Waals surface area contributed by atoms with Crippen LogP contribution in [0.25, 0.3) is 10.9 Å². The minimum Gasteiger partial charge on any atom is -0.492 e. The number of nitrogens with one attached hydrogen (secondary N) is 1. The Morgan fingerprint density at radius 3 is 2.71 bits per heavy atom. The highest BCUT2D eigenvalue weighted by molar-refractivity contribution is 5.95. The number of aromatic amines is 1. The van der Waals surface area contributed by atoms with Crippen molar-refractivity contribution >= 4 is 16.8 Å². The van der Waals surface area contributed by atoms with Gasteiger partial charge in [0.2, 0.25) is 0 Å². The van der Waals surface area contributed by atoms with Crippen molar-refractivity contribution in [3.05, 3.63) is 59.8 Å². The fourth-order valence-electron chi connectivity index (χ4n) is 6.29. The first-order valence-corrected chi connectivity index (χ1v) is 13.0. The van der Waals surface area contributed by atoms with Gasteiger partial charge in [0, 0.05) is 42.7 Å². The molecule has 2 atom stereocenters. The molecule has 1 N–H and O–H groups in total. The van der Waals surface area contributed by atoms with Crippen molar-refractivity contribution in [2.75, 3.05) is 39.5 Å². The van der Waals surface area contributed by atoms with E-state index in [1.165, 1.54) is 10.9 Å². The van der Waals surface area contributed by atoms with E-state index in [9.17, 15) is 4.79 Å². The van der Waals surface area contributed by atoms with Gasteiger partial charge in [-0.1, -0.05) is 18.2 Å². The maximum atomic E-state index is 13.6. The van der Waals surface area contributed by atoms with Crippen LogP contribution in [0.15, 0.2) is 48.7 Å². The van der Waals surface area contributed by atoms with Gasteiger partial charge in [0.15, 0.2) is 0 Å². The molecule has 3 aromatic rings. The number of amides is 1. The van der Waals surface area contributed by atoms with Crippen LogP contribution in [0, 0.1) is 5.92 Å².